The maximum Gasteiger partial charge on any atom is 0.257 e. The molecular weight excluding hydrogens is 362 g/mol. The molecule has 0 aliphatic rings. The molecule has 2 aromatic carbocycles. The third-order valence-corrected chi connectivity index (χ3v) is 4.83. The lowest BCUT2D eigenvalue weighted by Gasteiger charge is -2.06. The predicted octanol–water partition coefficient (Wildman–Crippen LogP) is 4.84. The summed E-state index contributed by atoms with van der Waals surface area (Å²) in [7, 11) is 0. The van der Waals surface area contributed by atoms with Crippen molar-refractivity contribution in [3.05, 3.63) is 78.6 Å². The van der Waals surface area contributed by atoms with E-state index in [0.29, 0.717) is 12.0 Å². The average Bonchev–Trinajstić information content (AvgIpc) is 3.16. The summed E-state index contributed by atoms with van der Waals surface area (Å²) in [6.07, 6.45) is 8.24. The third kappa shape index (κ3) is 6.07. The minimum Gasteiger partial charge on any atom is -0.370 e. The van der Waals surface area contributed by atoms with Gasteiger partial charge >= 0.3 is 0 Å². The van der Waals surface area contributed by atoms with Gasteiger partial charge in [-0.2, -0.15) is 0 Å². The molecule has 0 saturated heterocycles. The molecule has 3 aromatic rings. The molecule has 0 saturated carbocycles. The molecule has 0 atom stereocenters. The van der Waals surface area contributed by atoms with Gasteiger partial charge in [-0.15, -0.1) is 0 Å². The van der Waals surface area contributed by atoms with Crippen molar-refractivity contribution in [1.29, 1.82) is 0 Å². The zero-order valence-corrected chi connectivity index (χ0v) is 16.5. The number of benzene rings is 2. The zero-order chi connectivity index (χ0) is 20.5. The van der Waals surface area contributed by atoms with Crippen LogP contribution < -0.4 is 11.1 Å². The number of carbonyl (C=O) groups excluding carboxylic acids is 2. The van der Waals surface area contributed by atoms with Gasteiger partial charge in [0.15, 0.2) is 0 Å². The highest BCUT2D eigenvalue weighted by molar-refractivity contribution is 6.08. The molecule has 5 heteroatoms. The van der Waals surface area contributed by atoms with Crippen molar-refractivity contribution in [1.82, 2.24) is 4.57 Å². The summed E-state index contributed by atoms with van der Waals surface area (Å²) in [5, 5.41) is 2.98. The van der Waals surface area contributed by atoms with Crippen molar-refractivity contribution in [2.24, 2.45) is 5.73 Å². The molecule has 0 unspecified atom stereocenters. The number of anilines is 1. The van der Waals surface area contributed by atoms with E-state index in [1.165, 1.54) is 0 Å². The first-order chi connectivity index (χ1) is 14.1. The summed E-state index contributed by atoms with van der Waals surface area (Å²) in [6, 6.07) is 19.4. The van der Waals surface area contributed by atoms with E-state index in [1.807, 2.05) is 73.1 Å². The standard InChI is InChI=1S/C24H27N3O2/c25-23(28)15-9-1-2-10-16-27-17-21(19-11-5-3-6-12-19)22(18-27)24(29)26-20-13-7-4-8-14-20/h3-8,11-14,17-18H,1-2,9-10,15-16H2,(H2,25,28)(H,26,29). The summed E-state index contributed by atoms with van der Waals surface area (Å²) >= 11 is 0. The third-order valence-electron chi connectivity index (χ3n) is 4.83. The second-order valence-corrected chi connectivity index (χ2v) is 7.14. The van der Waals surface area contributed by atoms with Crippen LogP contribution in [-0.4, -0.2) is 16.4 Å². The molecule has 1 heterocycles. The molecule has 0 fully saturated rings. The SMILES string of the molecule is NC(=O)CCCCCCn1cc(C(=O)Nc2ccccc2)c(-c2ccccc2)c1. The molecule has 0 radical (unpaired) electrons. The summed E-state index contributed by atoms with van der Waals surface area (Å²) < 4.78 is 2.08. The van der Waals surface area contributed by atoms with Crippen molar-refractivity contribution in [3.8, 4) is 11.1 Å². The first-order valence-electron chi connectivity index (χ1n) is 10.0. The number of aryl methyl sites for hydroxylation is 1. The van der Waals surface area contributed by atoms with Gasteiger partial charge in [-0.3, -0.25) is 9.59 Å². The van der Waals surface area contributed by atoms with E-state index < -0.39 is 0 Å². The van der Waals surface area contributed by atoms with Crippen LogP contribution in [0.15, 0.2) is 73.1 Å². The van der Waals surface area contributed by atoms with Crippen molar-refractivity contribution >= 4 is 17.5 Å². The van der Waals surface area contributed by atoms with Gasteiger partial charge in [0.25, 0.3) is 5.91 Å². The Morgan fingerprint density at radius 1 is 0.828 bits per heavy atom. The Balaban J connectivity index is 1.70. The second-order valence-electron chi connectivity index (χ2n) is 7.14. The molecule has 3 N–H and O–H groups in total. The molecule has 5 nitrogen and oxygen atoms in total. The van der Waals surface area contributed by atoms with Gasteiger partial charge < -0.3 is 15.6 Å². The van der Waals surface area contributed by atoms with Gasteiger partial charge in [0.05, 0.1) is 5.56 Å². The van der Waals surface area contributed by atoms with E-state index in [1.54, 1.807) is 0 Å². The molecule has 2 amide bonds. The fourth-order valence-corrected chi connectivity index (χ4v) is 3.33. The summed E-state index contributed by atoms with van der Waals surface area (Å²) in [4.78, 5) is 23.7. The number of rotatable bonds is 10. The highest BCUT2D eigenvalue weighted by Gasteiger charge is 2.16. The zero-order valence-electron chi connectivity index (χ0n) is 16.5. The van der Waals surface area contributed by atoms with Crippen LogP contribution in [0.3, 0.4) is 0 Å². The van der Waals surface area contributed by atoms with Crippen LogP contribution >= 0.6 is 0 Å². The molecular formula is C24H27N3O2. The van der Waals surface area contributed by atoms with Crippen molar-refractivity contribution in [2.75, 3.05) is 5.32 Å². The van der Waals surface area contributed by atoms with Gasteiger partial charge in [-0.25, -0.2) is 0 Å². The molecule has 3 rings (SSSR count). The lowest BCUT2D eigenvalue weighted by Crippen LogP contribution is -2.12. The van der Waals surface area contributed by atoms with E-state index in [2.05, 4.69) is 9.88 Å². The lowest BCUT2D eigenvalue weighted by molar-refractivity contribution is -0.118. The smallest absolute Gasteiger partial charge is 0.257 e. The van der Waals surface area contributed by atoms with Crippen molar-refractivity contribution in [3.63, 3.8) is 0 Å². The number of para-hydroxylation sites is 1. The van der Waals surface area contributed by atoms with Crippen LogP contribution in [0.5, 0.6) is 0 Å². The number of primary amides is 1. The molecule has 0 spiro atoms. The summed E-state index contributed by atoms with van der Waals surface area (Å²) in [6.45, 7) is 0.828. The number of hydrogen-bond donors (Lipinski definition) is 2. The largest absolute Gasteiger partial charge is 0.370 e. The van der Waals surface area contributed by atoms with E-state index >= 15 is 0 Å². The number of carbonyl (C=O) groups is 2. The van der Waals surface area contributed by atoms with E-state index in [-0.39, 0.29) is 11.8 Å². The van der Waals surface area contributed by atoms with E-state index in [4.69, 9.17) is 5.73 Å². The topological polar surface area (TPSA) is 77.1 Å². The number of nitrogens with zero attached hydrogens (tertiary/aromatic N) is 1. The molecule has 1 aromatic heterocycles. The quantitative estimate of drug-likeness (QED) is 0.487. The van der Waals surface area contributed by atoms with E-state index in [0.717, 1.165) is 49.0 Å². The second kappa shape index (κ2) is 10.3. The van der Waals surface area contributed by atoms with E-state index in [9.17, 15) is 9.59 Å². The Kier molecular flexibility index (Phi) is 7.22. The number of hydrogen-bond acceptors (Lipinski definition) is 2. The average molecular weight is 389 g/mol. The van der Waals surface area contributed by atoms with Crippen molar-refractivity contribution in [2.45, 2.75) is 38.6 Å². The van der Waals surface area contributed by atoms with Gasteiger partial charge in [-0.05, 0) is 30.5 Å². The van der Waals surface area contributed by atoms with Gasteiger partial charge in [-0.1, -0.05) is 61.4 Å². The minimum atomic E-state index is -0.239. The Morgan fingerprint density at radius 3 is 2.17 bits per heavy atom. The van der Waals surface area contributed by atoms with Crippen LogP contribution in [-0.2, 0) is 11.3 Å². The van der Waals surface area contributed by atoms with Crippen molar-refractivity contribution < 1.29 is 9.59 Å². The summed E-state index contributed by atoms with van der Waals surface area (Å²) in [5.74, 6) is -0.354. The van der Waals surface area contributed by atoms with Gasteiger partial charge in [0.1, 0.15) is 0 Å². The predicted molar refractivity (Wildman–Crippen MR) is 117 cm³/mol. The van der Waals surface area contributed by atoms with Crippen LogP contribution in [0.25, 0.3) is 11.1 Å². The normalized spacial score (nSPS) is 10.6. The maximum atomic E-state index is 12.9. The molecule has 0 aliphatic carbocycles. The maximum absolute atomic E-state index is 12.9. The van der Waals surface area contributed by atoms with Gasteiger partial charge in [0, 0.05) is 36.6 Å². The van der Waals surface area contributed by atoms with Crippen LogP contribution in [0.2, 0.25) is 0 Å². The van der Waals surface area contributed by atoms with Crippen LogP contribution in [0.1, 0.15) is 42.5 Å². The number of amides is 2. The number of unbranched alkanes of at least 4 members (excludes halogenated alkanes) is 3. The molecule has 29 heavy (non-hydrogen) atoms. The first-order valence-corrected chi connectivity index (χ1v) is 10.0. The fraction of sp³-hybridized carbons (Fsp3) is 0.250. The van der Waals surface area contributed by atoms with Gasteiger partial charge in [0.2, 0.25) is 5.91 Å². The molecule has 0 aliphatic heterocycles. The first kappa shape index (κ1) is 20.4. The Morgan fingerprint density at radius 2 is 1.48 bits per heavy atom. The molecule has 150 valence electrons. The highest BCUT2D eigenvalue weighted by Crippen LogP contribution is 2.26. The lowest BCUT2D eigenvalue weighted by atomic mass is 10.0. The minimum absolute atomic E-state index is 0.115. The number of aromatic nitrogens is 1. The van der Waals surface area contributed by atoms with Crippen LogP contribution in [0, 0.1) is 0 Å². The number of nitrogens with two attached hydrogens (primary N) is 1. The number of nitrogens with one attached hydrogen (secondary N) is 1. The molecule has 0 bridgehead atoms. The Labute approximate surface area is 171 Å². The highest BCUT2D eigenvalue weighted by atomic mass is 16.2. The fourth-order valence-electron chi connectivity index (χ4n) is 3.33. The van der Waals surface area contributed by atoms with Crippen LogP contribution in [0.4, 0.5) is 5.69 Å². The Hall–Kier alpha value is -3.34. The summed E-state index contributed by atoms with van der Waals surface area (Å²) in [5.41, 5.74) is 8.56. The Bertz CT molecular complexity index is 933. The monoisotopic (exact) mass is 389 g/mol.